The molecule has 0 saturated carbocycles. The molecule has 0 aliphatic heterocycles. The Hall–Kier alpha value is -3.33. The van der Waals surface area contributed by atoms with Crippen molar-refractivity contribution in [3.63, 3.8) is 0 Å². The van der Waals surface area contributed by atoms with Gasteiger partial charge in [-0.1, -0.05) is 6.07 Å². The van der Waals surface area contributed by atoms with Crippen LogP contribution in [0.2, 0.25) is 0 Å². The highest BCUT2D eigenvalue weighted by Crippen LogP contribution is 2.30. The summed E-state index contributed by atoms with van der Waals surface area (Å²) >= 11 is 0. The van der Waals surface area contributed by atoms with Crippen LogP contribution in [0.5, 0.6) is 11.5 Å². The van der Waals surface area contributed by atoms with Gasteiger partial charge < -0.3 is 9.47 Å². The lowest BCUT2D eigenvalue weighted by molar-refractivity contribution is -0.384. The number of nitriles is 1. The maximum atomic E-state index is 10.7. The minimum atomic E-state index is -0.474. The quantitative estimate of drug-likeness (QED) is 0.336. The van der Waals surface area contributed by atoms with Crippen LogP contribution in [0, 0.1) is 21.4 Å². The summed E-state index contributed by atoms with van der Waals surface area (Å²) in [5, 5.41) is 20.1. The third-order valence-electron chi connectivity index (χ3n) is 3.37. The average molecular weight is 338 g/mol. The molecule has 0 fully saturated rings. The number of ether oxygens (including phenoxy) is 2. The number of hydrogen-bond acceptors (Lipinski definition) is 5. The van der Waals surface area contributed by atoms with Gasteiger partial charge in [-0.15, -0.1) is 0 Å². The molecule has 0 atom stereocenters. The van der Waals surface area contributed by atoms with Crippen molar-refractivity contribution in [3.05, 3.63) is 63.7 Å². The molecule has 0 amide bonds. The number of non-ortho nitro benzene ring substituents is 1. The summed E-state index contributed by atoms with van der Waals surface area (Å²) in [4.78, 5) is 10.2. The van der Waals surface area contributed by atoms with Crippen LogP contribution in [0.3, 0.4) is 0 Å². The van der Waals surface area contributed by atoms with Gasteiger partial charge in [0.25, 0.3) is 5.69 Å². The van der Waals surface area contributed by atoms with Crippen molar-refractivity contribution in [2.75, 3.05) is 7.11 Å². The Balaban J connectivity index is 2.36. The van der Waals surface area contributed by atoms with E-state index in [9.17, 15) is 15.4 Å². The van der Waals surface area contributed by atoms with Crippen LogP contribution < -0.4 is 9.47 Å². The van der Waals surface area contributed by atoms with E-state index in [1.54, 1.807) is 37.5 Å². The molecule has 2 aromatic rings. The van der Waals surface area contributed by atoms with Gasteiger partial charge in [-0.2, -0.15) is 5.26 Å². The summed E-state index contributed by atoms with van der Waals surface area (Å²) in [6.45, 7) is 3.85. The Labute approximate surface area is 146 Å². The first-order chi connectivity index (χ1) is 11.9. The van der Waals surface area contributed by atoms with Gasteiger partial charge in [0.15, 0.2) is 11.5 Å². The molecule has 0 unspecified atom stereocenters. The molecule has 0 spiro atoms. The van der Waals surface area contributed by atoms with Crippen molar-refractivity contribution in [2.45, 2.75) is 20.0 Å². The van der Waals surface area contributed by atoms with E-state index in [1.807, 2.05) is 19.9 Å². The van der Waals surface area contributed by atoms with Crippen LogP contribution in [-0.4, -0.2) is 18.1 Å². The lowest BCUT2D eigenvalue weighted by Gasteiger charge is -2.14. The Bertz CT molecular complexity index is 833. The van der Waals surface area contributed by atoms with E-state index in [0.717, 1.165) is 5.56 Å². The Kier molecular flexibility index (Phi) is 5.75. The number of methoxy groups -OCH3 is 1. The fourth-order valence-corrected chi connectivity index (χ4v) is 2.23. The second-order valence-electron chi connectivity index (χ2n) is 5.55. The van der Waals surface area contributed by atoms with Gasteiger partial charge in [0.1, 0.15) is 0 Å². The second kappa shape index (κ2) is 7.97. The lowest BCUT2D eigenvalue weighted by atomic mass is 10.0. The van der Waals surface area contributed by atoms with Gasteiger partial charge in [0.2, 0.25) is 0 Å². The van der Waals surface area contributed by atoms with Crippen molar-refractivity contribution < 1.29 is 14.4 Å². The molecule has 25 heavy (non-hydrogen) atoms. The molecular weight excluding hydrogens is 320 g/mol. The fraction of sp³-hybridized carbons (Fsp3) is 0.211. The molecule has 0 aliphatic rings. The van der Waals surface area contributed by atoms with E-state index < -0.39 is 4.92 Å². The summed E-state index contributed by atoms with van der Waals surface area (Å²) in [7, 11) is 1.55. The van der Waals surface area contributed by atoms with E-state index in [0.29, 0.717) is 22.6 Å². The van der Waals surface area contributed by atoms with Crippen molar-refractivity contribution in [1.29, 1.82) is 5.26 Å². The van der Waals surface area contributed by atoms with Gasteiger partial charge in [0.05, 0.1) is 29.8 Å². The van der Waals surface area contributed by atoms with Crippen LogP contribution in [0.25, 0.3) is 11.6 Å². The van der Waals surface area contributed by atoms with Crippen LogP contribution >= 0.6 is 0 Å². The van der Waals surface area contributed by atoms with E-state index in [2.05, 4.69) is 6.07 Å². The summed E-state index contributed by atoms with van der Waals surface area (Å²) in [6, 6.07) is 13.4. The first kappa shape index (κ1) is 18.0. The van der Waals surface area contributed by atoms with Crippen LogP contribution in [0.4, 0.5) is 5.69 Å². The number of nitrogens with zero attached hydrogens (tertiary/aromatic N) is 2. The molecule has 0 saturated heterocycles. The first-order valence-corrected chi connectivity index (χ1v) is 7.66. The van der Waals surface area contributed by atoms with Gasteiger partial charge >= 0.3 is 0 Å². The summed E-state index contributed by atoms with van der Waals surface area (Å²) < 4.78 is 11.0. The number of nitro groups is 1. The molecule has 0 N–H and O–H groups in total. The van der Waals surface area contributed by atoms with Crippen LogP contribution in [0.15, 0.2) is 42.5 Å². The molecular formula is C19H18N2O4. The highest BCUT2D eigenvalue weighted by atomic mass is 16.6. The first-order valence-electron chi connectivity index (χ1n) is 7.66. The highest BCUT2D eigenvalue weighted by Gasteiger charge is 2.09. The summed E-state index contributed by atoms with van der Waals surface area (Å²) in [5.74, 6) is 1.20. The molecule has 0 bridgehead atoms. The maximum Gasteiger partial charge on any atom is 0.269 e. The standard InChI is InChI=1S/C19H18N2O4/c1-13(2)25-18-9-4-14(11-19(18)24-3)10-16(12-20)15-5-7-17(8-6-15)21(22)23/h4-11,13H,1-3H3/b16-10-. The van der Waals surface area contributed by atoms with E-state index in [-0.39, 0.29) is 11.8 Å². The average Bonchev–Trinajstić information content (AvgIpc) is 2.60. The number of nitro benzene ring substituents is 1. The van der Waals surface area contributed by atoms with Crippen molar-refractivity contribution in [3.8, 4) is 17.6 Å². The molecule has 6 heteroatoms. The predicted octanol–water partition coefficient (Wildman–Crippen LogP) is 4.45. The van der Waals surface area contributed by atoms with Crippen molar-refractivity contribution in [1.82, 2.24) is 0 Å². The summed E-state index contributed by atoms with van der Waals surface area (Å²) in [6.07, 6.45) is 1.72. The number of rotatable bonds is 6. The number of benzene rings is 2. The van der Waals surface area contributed by atoms with Gasteiger partial charge in [0, 0.05) is 12.1 Å². The van der Waals surface area contributed by atoms with Crippen molar-refractivity contribution in [2.24, 2.45) is 0 Å². The molecule has 0 radical (unpaired) electrons. The topological polar surface area (TPSA) is 85.4 Å². The SMILES string of the molecule is COc1cc(/C=C(/C#N)c2ccc([N+](=O)[O-])cc2)ccc1OC(C)C. The second-order valence-corrected chi connectivity index (χ2v) is 5.55. The summed E-state index contributed by atoms with van der Waals surface area (Å²) in [5.41, 5.74) is 1.75. The highest BCUT2D eigenvalue weighted by molar-refractivity contribution is 5.90. The Morgan fingerprint density at radius 1 is 1.20 bits per heavy atom. The van der Waals surface area contributed by atoms with Gasteiger partial charge in [-0.3, -0.25) is 10.1 Å². The molecule has 2 aromatic carbocycles. The van der Waals surface area contributed by atoms with Gasteiger partial charge in [-0.05, 0) is 55.3 Å². The monoisotopic (exact) mass is 338 g/mol. The van der Waals surface area contributed by atoms with E-state index in [1.165, 1.54) is 12.1 Å². The normalized spacial score (nSPS) is 11.1. The predicted molar refractivity (Wildman–Crippen MR) is 95.3 cm³/mol. The fourth-order valence-electron chi connectivity index (χ4n) is 2.23. The van der Waals surface area contributed by atoms with E-state index >= 15 is 0 Å². The third kappa shape index (κ3) is 4.58. The zero-order chi connectivity index (χ0) is 18.4. The molecule has 2 rings (SSSR count). The lowest BCUT2D eigenvalue weighted by Crippen LogP contribution is -2.06. The number of allylic oxidation sites excluding steroid dienone is 1. The minimum absolute atomic E-state index is 0.0158. The molecule has 0 aliphatic carbocycles. The van der Waals surface area contributed by atoms with E-state index in [4.69, 9.17) is 9.47 Å². The molecule has 0 heterocycles. The van der Waals surface area contributed by atoms with Gasteiger partial charge in [-0.25, -0.2) is 0 Å². The molecule has 6 nitrogen and oxygen atoms in total. The minimum Gasteiger partial charge on any atom is -0.493 e. The Morgan fingerprint density at radius 2 is 1.88 bits per heavy atom. The molecule has 128 valence electrons. The third-order valence-corrected chi connectivity index (χ3v) is 3.37. The largest absolute Gasteiger partial charge is 0.493 e. The van der Waals surface area contributed by atoms with Crippen LogP contribution in [-0.2, 0) is 0 Å². The number of hydrogen-bond donors (Lipinski definition) is 0. The zero-order valence-corrected chi connectivity index (χ0v) is 14.2. The van der Waals surface area contributed by atoms with Crippen LogP contribution in [0.1, 0.15) is 25.0 Å². The molecule has 0 aromatic heterocycles. The van der Waals surface area contributed by atoms with Crippen molar-refractivity contribution >= 4 is 17.3 Å². The smallest absolute Gasteiger partial charge is 0.269 e. The maximum absolute atomic E-state index is 10.7. The Morgan fingerprint density at radius 3 is 2.40 bits per heavy atom. The zero-order valence-electron chi connectivity index (χ0n) is 14.2.